The van der Waals surface area contributed by atoms with Crippen molar-refractivity contribution in [2.24, 2.45) is 0 Å². The molecule has 0 saturated carbocycles. The first-order valence-electron chi connectivity index (χ1n) is 8.69. The molecule has 0 saturated heterocycles. The number of amides is 1. The molecule has 11 nitrogen and oxygen atoms in total. The summed E-state index contributed by atoms with van der Waals surface area (Å²) in [6, 6.07) is 5.40. The van der Waals surface area contributed by atoms with Gasteiger partial charge in [0.1, 0.15) is 6.54 Å². The molecule has 1 amide bonds. The molecule has 150 valence electrons. The van der Waals surface area contributed by atoms with Gasteiger partial charge in [0.05, 0.1) is 5.56 Å². The number of benzene rings is 1. The van der Waals surface area contributed by atoms with Crippen LogP contribution in [0.25, 0.3) is 22.8 Å². The van der Waals surface area contributed by atoms with E-state index >= 15 is 0 Å². The van der Waals surface area contributed by atoms with E-state index in [2.05, 4.69) is 40.9 Å². The molecule has 0 spiro atoms. The Morgan fingerprint density at radius 2 is 1.97 bits per heavy atom. The molecule has 0 radical (unpaired) electrons. The Morgan fingerprint density at radius 3 is 2.73 bits per heavy atom. The van der Waals surface area contributed by atoms with Crippen molar-refractivity contribution in [2.45, 2.75) is 19.5 Å². The quantitative estimate of drug-likeness (QED) is 0.516. The lowest BCUT2D eigenvalue weighted by atomic mass is 10.1. The second-order valence-corrected chi connectivity index (χ2v) is 6.33. The van der Waals surface area contributed by atoms with Gasteiger partial charge in [-0.05, 0) is 16.8 Å². The van der Waals surface area contributed by atoms with Crippen molar-refractivity contribution in [2.75, 3.05) is 0 Å². The van der Waals surface area contributed by atoms with Gasteiger partial charge in [-0.1, -0.05) is 12.1 Å². The van der Waals surface area contributed by atoms with Crippen molar-refractivity contribution in [3.8, 4) is 22.8 Å². The van der Waals surface area contributed by atoms with E-state index in [1.54, 1.807) is 6.07 Å². The zero-order chi connectivity index (χ0) is 20.7. The minimum Gasteiger partial charge on any atom is -0.415 e. The average Bonchev–Trinajstić information content (AvgIpc) is 3.49. The Balaban J connectivity index is 1.32. The molecule has 0 unspecified atom stereocenters. The average molecular weight is 411 g/mol. The number of carbonyl (C=O) groups is 1. The van der Waals surface area contributed by atoms with Crippen molar-refractivity contribution >= 4 is 5.91 Å². The lowest BCUT2D eigenvalue weighted by Gasteiger charge is -2.00. The number of nitrogens with one attached hydrogen (secondary N) is 1. The van der Waals surface area contributed by atoms with Crippen LogP contribution in [0.3, 0.4) is 0 Å². The third-order valence-electron chi connectivity index (χ3n) is 4.37. The summed E-state index contributed by atoms with van der Waals surface area (Å²) >= 11 is 0. The van der Waals surface area contributed by atoms with Crippen molar-refractivity contribution in [3.05, 3.63) is 53.4 Å². The van der Waals surface area contributed by atoms with Gasteiger partial charge in [-0.2, -0.15) is 13.6 Å². The highest BCUT2D eigenvalue weighted by atomic mass is 19.3. The summed E-state index contributed by atoms with van der Waals surface area (Å²) in [6.07, 6.45) is -0.0940. The molecule has 13 heteroatoms. The third-order valence-corrected chi connectivity index (χ3v) is 4.37. The molecule has 0 atom stereocenters. The zero-order valence-corrected chi connectivity index (χ0v) is 15.0. The highest BCUT2D eigenvalue weighted by Crippen LogP contribution is 2.23. The first-order chi connectivity index (χ1) is 14.6. The van der Waals surface area contributed by atoms with Crippen LogP contribution < -0.4 is 5.32 Å². The minimum absolute atomic E-state index is 0.0985. The molecule has 4 aromatic rings. The van der Waals surface area contributed by atoms with Crippen molar-refractivity contribution in [1.29, 1.82) is 0 Å². The summed E-state index contributed by atoms with van der Waals surface area (Å²) < 4.78 is 29.9. The molecule has 1 aromatic carbocycles. The molecule has 1 aliphatic heterocycles. The fourth-order valence-electron chi connectivity index (χ4n) is 2.89. The molecule has 30 heavy (non-hydrogen) atoms. The molecule has 4 heterocycles. The van der Waals surface area contributed by atoms with Crippen LogP contribution in [0.1, 0.15) is 34.1 Å². The first kappa shape index (κ1) is 17.9. The molecule has 1 aliphatic rings. The Kier molecular flexibility index (Phi) is 4.19. The summed E-state index contributed by atoms with van der Waals surface area (Å²) in [5, 5.41) is 21.8. The third kappa shape index (κ3) is 3.25. The van der Waals surface area contributed by atoms with Crippen LogP contribution in [0, 0.1) is 0 Å². The predicted molar refractivity (Wildman–Crippen MR) is 93.8 cm³/mol. The monoisotopic (exact) mass is 411 g/mol. The molecular formula is C17H11F2N9O2. The summed E-state index contributed by atoms with van der Waals surface area (Å²) in [4.78, 5) is 21.4. The first-order valence-corrected chi connectivity index (χ1v) is 8.69. The SMILES string of the molecule is O=C1NCc2ccc(-c3nnn(Cc4ncc(-c5nnc(C(F)F)o5)cn4)n3)cc21. The maximum atomic E-state index is 12.5. The summed E-state index contributed by atoms with van der Waals surface area (Å²) in [6.45, 7) is 0.639. The minimum atomic E-state index is -2.85. The van der Waals surface area contributed by atoms with Gasteiger partial charge in [-0.3, -0.25) is 4.79 Å². The maximum Gasteiger partial charge on any atom is 0.314 e. The number of carbonyl (C=O) groups excluding carboxylic acids is 1. The van der Waals surface area contributed by atoms with Gasteiger partial charge in [0.15, 0.2) is 5.82 Å². The number of rotatable bonds is 5. The molecule has 0 fully saturated rings. The van der Waals surface area contributed by atoms with Gasteiger partial charge in [0, 0.05) is 30.1 Å². The van der Waals surface area contributed by atoms with Crippen LogP contribution in [0.15, 0.2) is 35.0 Å². The zero-order valence-electron chi connectivity index (χ0n) is 15.0. The van der Waals surface area contributed by atoms with Gasteiger partial charge in [0.25, 0.3) is 17.7 Å². The number of alkyl halides is 2. The summed E-state index contributed by atoms with van der Waals surface area (Å²) in [5.74, 6) is -0.269. The van der Waals surface area contributed by atoms with Crippen molar-refractivity contribution in [3.63, 3.8) is 0 Å². The Morgan fingerprint density at radius 1 is 1.13 bits per heavy atom. The van der Waals surface area contributed by atoms with Crippen LogP contribution in [0.2, 0.25) is 0 Å². The number of hydrogen-bond acceptors (Lipinski definition) is 9. The van der Waals surface area contributed by atoms with Gasteiger partial charge < -0.3 is 9.73 Å². The van der Waals surface area contributed by atoms with E-state index in [-0.39, 0.29) is 18.3 Å². The molecule has 3 aromatic heterocycles. The fourth-order valence-corrected chi connectivity index (χ4v) is 2.89. The van der Waals surface area contributed by atoms with E-state index in [0.717, 1.165) is 5.56 Å². The van der Waals surface area contributed by atoms with Gasteiger partial charge in [0.2, 0.25) is 5.82 Å². The molecule has 0 bridgehead atoms. The van der Waals surface area contributed by atoms with E-state index in [0.29, 0.717) is 34.9 Å². The number of fused-ring (bicyclic) bond motifs is 1. The number of hydrogen-bond donors (Lipinski definition) is 1. The Hall–Kier alpha value is -4.16. The van der Waals surface area contributed by atoms with Crippen LogP contribution in [0.4, 0.5) is 8.78 Å². The van der Waals surface area contributed by atoms with E-state index in [1.165, 1.54) is 17.2 Å². The number of tetrazole rings is 1. The lowest BCUT2D eigenvalue weighted by molar-refractivity contribution is 0.0965. The number of aromatic nitrogens is 8. The summed E-state index contributed by atoms with van der Waals surface area (Å²) in [7, 11) is 0. The smallest absolute Gasteiger partial charge is 0.314 e. The van der Waals surface area contributed by atoms with Gasteiger partial charge in [-0.15, -0.1) is 20.4 Å². The molecule has 1 N–H and O–H groups in total. The summed E-state index contributed by atoms with van der Waals surface area (Å²) in [5.41, 5.74) is 2.49. The van der Waals surface area contributed by atoms with Gasteiger partial charge in [-0.25, -0.2) is 9.97 Å². The molecular weight excluding hydrogens is 400 g/mol. The topological polar surface area (TPSA) is 137 Å². The van der Waals surface area contributed by atoms with E-state index in [9.17, 15) is 13.6 Å². The fraction of sp³-hybridized carbons (Fsp3) is 0.176. The standard InChI is InChI=1S/C17H11F2N9O2/c18-13(19)17-25-24-16(30-17)10-5-20-12(21-6-10)7-28-26-14(23-27-28)8-1-2-9-4-22-15(29)11(9)3-8/h1-3,5-6,13H,4,7H2,(H,22,29). The Labute approximate surface area is 166 Å². The van der Waals surface area contributed by atoms with Gasteiger partial charge >= 0.3 is 6.43 Å². The molecule has 5 rings (SSSR count). The molecule has 0 aliphatic carbocycles. The van der Waals surface area contributed by atoms with Crippen molar-refractivity contribution < 1.29 is 18.0 Å². The highest BCUT2D eigenvalue weighted by molar-refractivity contribution is 5.99. The highest BCUT2D eigenvalue weighted by Gasteiger charge is 2.20. The normalized spacial score (nSPS) is 13.0. The van der Waals surface area contributed by atoms with E-state index < -0.39 is 12.3 Å². The maximum absolute atomic E-state index is 12.5. The predicted octanol–water partition coefficient (Wildman–Crippen LogP) is 1.41. The van der Waals surface area contributed by atoms with E-state index in [4.69, 9.17) is 4.42 Å². The second-order valence-electron chi connectivity index (χ2n) is 6.33. The number of nitrogens with zero attached hydrogens (tertiary/aromatic N) is 8. The second kappa shape index (κ2) is 7.02. The Bertz CT molecular complexity index is 1240. The van der Waals surface area contributed by atoms with E-state index in [1.807, 2.05) is 12.1 Å². The largest absolute Gasteiger partial charge is 0.415 e. The van der Waals surface area contributed by atoms with Crippen molar-refractivity contribution in [1.82, 2.24) is 45.7 Å². The number of halogens is 2. The van der Waals surface area contributed by atoms with Crippen LogP contribution in [0.5, 0.6) is 0 Å². The van der Waals surface area contributed by atoms with Crippen LogP contribution >= 0.6 is 0 Å². The lowest BCUT2D eigenvalue weighted by Crippen LogP contribution is -2.12. The van der Waals surface area contributed by atoms with Crippen LogP contribution in [-0.4, -0.2) is 46.3 Å². The van der Waals surface area contributed by atoms with Crippen LogP contribution in [-0.2, 0) is 13.1 Å².